The van der Waals surface area contributed by atoms with E-state index in [1.165, 1.54) is 11.3 Å². The van der Waals surface area contributed by atoms with Crippen molar-refractivity contribution in [2.45, 2.75) is 13.3 Å². The van der Waals surface area contributed by atoms with E-state index in [0.717, 1.165) is 16.2 Å². The van der Waals surface area contributed by atoms with Gasteiger partial charge in [-0.15, -0.1) is 11.3 Å². The van der Waals surface area contributed by atoms with Crippen LogP contribution >= 0.6 is 11.3 Å². The highest BCUT2D eigenvalue weighted by Gasteiger charge is 2.30. The van der Waals surface area contributed by atoms with Gasteiger partial charge in [-0.2, -0.15) is 0 Å². The van der Waals surface area contributed by atoms with E-state index in [0.29, 0.717) is 22.6 Å². The second-order valence-corrected chi connectivity index (χ2v) is 7.54. The number of fused-ring (bicyclic) bond motifs is 1. The van der Waals surface area contributed by atoms with Gasteiger partial charge in [0.1, 0.15) is 17.2 Å². The van der Waals surface area contributed by atoms with Crippen LogP contribution in [0.1, 0.15) is 26.4 Å². The predicted molar refractivity (Wildman–Crippen MR) is 111 cm³/mol. The summed E-state index contributed by atoms with van der Waals surface area (Å²) in [6.07, 6.45) is 1.89. The van der Waals surface area contributed by atoms with Gasteiger partial charge in [-0.05, 0) is 54.3 Å². The summed E-state index contributed by atoms with van der Waals surface area (Å²) in [7, 11) is 1.60. The van der Waals surface area contributed by atoms with E-state index in [2.05, 4.69) is 0 Å². The Morgan fingerprint density at radius 3 is 2.62 bits per heavy atom. The first-order chi connectivity index (χ1) is 14.0. The fraction of sp³-hybridized carbons (Fsp3) is 0.130. The molecule has 0 saturated carbocycles. The lowest BCUT2D eigenvalue weighted by atomic mass is 10.1. The summed E-state index contributed by atoms with van der Waals surface area (Å²) in [5.41, 5.74) is 1.90. The van der Waals surface area contributed by atoms with Crippen molar-refractivity contribution in [1.82, 2.24) is 0 Å². The number of carbonyl (C=O) groups excluding carboxylic acids is 2. The summed E-state index contributed by atoms with van der Waals surface area (Å²) in [6, 6.07) is 14.4. The molecule has 146 valence electrons. The number of rotatable bonds is 5. The van der Waals surface area contributed by atoms with E-state index in [-0.39, 0.29) is 23.9 Å². The van der Waals surface area contributed by atoms with Crippen molar-refractivity contribution in [3.05, 3.63) is 81.2 Å². The summed E-state index contributed by atoms with van der Waals surface area (Å²) >= 11 is 1.50. The van der Waals surface area contributed by atoms with Crippen LogP contribution in [-0.4, -0.2) is 18.9 Å². The molecule has 0 unspecified atom stereocenters. The molecule has 5 nitrogen and oxygen atoms in total. The average molecular weight is 406 g/mol. The van der Waals surface area contributed by atoms with Crippen molar-refractivity contribution in [2.24, 2.45) is 0 Å². The maximum absolute atomic E-state index is 12.7. The molecule has 1 aliphatic rings. The molecule has 1 aromatic heterocycles. The van der Waals surface area contributed by atoms with Crippen LogP contribution in [-0.2, 0) is 11.2 Å². The minimum Gasteiger partial charge on any atom is -0.497 e. The zero-order valence-corrected chi connectivity index (χ0v) is 16.7. The molecular formula is C23H18O5S. The minimum atomic E-state index is -0.353. The van der Waals surface area contributed by atoms with Crippen molar-refractivity contribution in [3.63, 3.8) is 0 Å². The van der Waals surface area contributed by atoms with E-state index in [1.54, 1.807) is 32.2 Å². The molecule has 0 aliphatic carbocycles. The van der Waals surface area contributed by atoms with Gasteiger partial charge in [-0.25, -0.2) is 0 Å². The van der Waals surface area contributed by atoms with Crippen LogP contribution in [0.2, 0.25) is 0 Å². The number of ketones is 1. The highest BCUT2D eigenvalue weighted by Crippen LogP contribution is 2.39. The monoisotopic (exact) mass is 406 g/mol. The highest BCUT2D eigenvalue weighted by atomic mass is 32.1. The molecule has 2 aromatic carbocycles. The van der Waals surface area contributed by atoms with E-state index in [4.69, 9.17) is 14.2 Å². The fourth-order valence-electron chi connectivity index (χ4n) is 3.04. The third kappa shape index (κ3) is 3.93. The lowest BCUT2D eigenvalue weighted by molar-refractivity contribution is -0.133. The second kappa shape index (κ2) is 7.93. The molecule has 1 aliphatic heterocycles. The van der Waals surface area contributed by atoms with Crippen LogP contribution < -0.4 is 14.2 Å². The molecule has 0 atom stereocenters. The Labute approximate surface area is 172 Å². The van der Waals surface area contributed by atoms with Gasteiger partial charge in [0.15, 0.2) is 5.76 Å². The zero-order valence-electron chi connectivity index (χ0n) is 15.9. The number of hydrogen-bond donors (Lipinski definition) is 0. The highest BCUT2D eigenvalue weighted by molar-refractivity contribution is 7.10. The number of Topliss-reactive ketones (excluding diaryl/α,β-unsaturated/α-hetero) is 1. The van der Waals surface area contributed by atoms with Crippen LogP contribution in [0.15, 0.2) is 59.7 Å². The van der Waals surface area contributed by atoms with Crippen molar-refractivity contribution in [3.8, 4) is 17.2 Å². The standard InChI is InChI=1S/C23H18O5S/c1-14-19(27-21(24)13-17-4-3-11-29-17)10-9-18-22(25)20(28-23(14)18)12-15-5-7-16(26-2)8-6-15/h3-12H,13H2,1-2H3/b20-12-. The maximum atomic E-state index is 12.7. The van der Waals surface area contributed by atoms with Crippen LogP contribution in [0, 0.1) is 6.92 Å². The van der Waals surface area contributed by atoms with Gasteiger partial charge in [0.05, 0.1) is 19.1 Å². The third-order valence-electron chi connectivity index (χ3n) is 4.57. The van der Waals surface area contributed by atoms with Gasteiger partial charge in [0, 0.05) is 10.4 Å². The maximum Gasteiger partial charge on any atom is 0.316 e. The van der Waals surface area contributed by atoms with Crippen LogP contribution in [0.25, 0.3) is 6.08 Å². The topological polar surface area (TPSA) is 61.8 Å². The summed E-state index contributed by atoms with van der Waals surface area (Å²) in [5, 5.41) is 1.92. The number of carbonyl (C=O) groups is 2. The van der Waals surface area contributed by atoms with Crippen molar-refractivity contribution >= 4 is 29.2 Å². The molecule has 6 heteroatoms. The van der Waals surface area contributed by atoms with E-state index in [9.17, 15) is 9.59 Å². The molecule has 0 fully saturated rings. The van der Waals surface area contributed by atoms with E-state index >= 15 is 0 Å². The van der Waals surface area contributed by atoms with Crippen molar-refractivity contribution in [2.75, 3.05) is 7.11 Å². The Hall–Kier alpha value is -3.38. The Kier molecular flexibility index (Phi) is 5.18. The summed E-state index contributed by atoms with van der Waals surface area (Å²) in [4.78, 5) is 25.8. The summed E-state index contributed by atoms with van der Waals surface area (Å²) in [6.45, 7) is 1.77. The smallest absolute Gasteiger partial charge is 0.316 e. The first-order valence-corrected chi connectivity index (χ1v) is 9.88. The average Bonchev–Trinajstić information content (AvgIpc) is 3.33. The normalized spacial score (nSPS) is 13.9. The molecule has 0 amide bonds. The van der Waals surface area contributed by atoms with Crippen LogP contribution in [0.3, 0.4) is 0 Å². The van der Waals surface area contributed by atoms with Crippen LogP contribution in [0.4, 0.5) is 0 Å². The van der Waals surface area contributed by atoms with Gasteiger partial charge < -0.3 is 14.2 Å². The van der Waals surface area contributed by atoms with E-state index in [1.807, 2.05) is 41.8 Å². The largest absolute Gasteiger partial charge is 0.497 e. The Morgan fingerprint density at radius 1 is 1.14 bits per heavy atom. The van der Waals surface area contributed by atoms with Gasteiger partial charge >= 0.3 is 5.97 Å². The van der Waals surface area contributed by atoms with Gasteiger partial charge in [-0.1, -0.05) is 18.2 Å². The lowest BCUT2D eigenvalue weighted by Crippen LogP contribution is -2.11. The SMILES string of the molecule is COc1ccc(/C=C2\Oc3c(ccc(OC(=O)Cc4cccs4)c3C)C2=O)cc1. The molecule has 0 radical (unpaired) electrons. The minimum absolute atomic E-state index is 0.199. The molecule has 0 saturated heterocycles. The molecule has 2 heterocycles. The number of thiophene rings is 1. The molecular weight excluding hydrogens is 388 g/mol. The van der Waals surface area contributed by atoms with Gasteiger partial charge in [0.2, 0.25) is 5.78 Å². The van der Waals surface area contributed by atoms with Crippen LogP contribution in [0.5, 0.6) is 17.2 Å². The number of esters is 1. The first kappa shape index (κ1) is 19.0. The molecule has 4 rings (SSSR count). The summed E-state index contributed by atoms with van der Waals surface area (Å²) < 4.78 is 16.5. The molecule has 0 N–H and O–H groups in total. The number of ether oxygens (including phenoxy) is 3. The number of allylic oxidation sites excluding steroid dienone is 1. The Balaban J connectivity index is 1.54. The molecule has 29 heavy (non-hydrogen) atoms. The fourth-order valence-corrected chi connectivity index (χ4v) is 3.73. The quantitative estimate of drug-likeness (QED) is 0.345. The zero-order chi connectivity index (χ0) is 20.4. The van der Waals surface area contributed by atoms with Crippen molar-refractivity contribution in [1.29, 1.82) is 0 Å². The molecule has 0 bridgehead atoms. The van der Waals surface area contributed by atoms with Gasteiger partial charge in [-0.3, -0.25) is 9.59 Å². The van der Waals surface area contributed by atoms with Crippen molar-refractivity contribution < 1.29 is 23.8 Å². The third-order valence-corrected chi connectivity index (χ3v) is 5.45. The number of methoxy groups -OCH3 is 1. The molecule has 3 aromatic rings. The Bertz CT molecular complexity index is 1100. The second-order valence-electron chi connectivity index (χ2n) is 6.51. The number of hydrogen-bond acceptors (Lipinski definition) is 6. The Morgan fingerprint density at radius 2 is 1.93 bits per heavy atom. The number of benzene rings is 2. The predicted octanol–water partition coefficient (Wildman–Crippen LogP) is 4.83. The molecule has 0 spiro atoms. The lowest BCUT2D eigenvalue weighted by Gasteiger charge is -2.09. The van der Waals surface area contributed by atoms with E-state index < -0.39 is 0 Å². The first-order valence-electron chi connectivity index (χ1n) is 9.00. The summed E-state index contributed by atoms with van der Waals surface area (Å²) in [5.74, 6) is 1.23. The van der Waals surface area contributed by atoms with Gasteiger partial charge in [0.25, 0.3) is 0 Å².